The van der Waals surface area contributed by atoms with Crippen molar-refractivity contribution in [3.05, 3.63) is 12.2 Å². The van der Waals surface area contributed by atoms with E-state index in [1.54, 1.807) is 0 Å². The summed E-state index contributed by atoms with van der Waals surface area (Å²) in [6.45, 7) is 1.22. The van der Waals surface area contributed by atoms with Crippen LogP contribution in [0.3, 0.4) is 0 Å². The van der Waals surface area contributed by atoms with E-state index in [-0.39, 0.29) is 13.2 Å². The van der Waals surface area contributed by atoms with Gasteiger partial charge in [0.2, 0.25) is 0 Å². The Balaban J connectivity index is 1.91. The number of aliphatic hydroxyl groups excluding tert-OH is 7. The quantitative estimate of drug-likeness (QED) is 0.148. The van der Waals surface area contributed by atoms with Crippen LogP contribution in [0.2, 0.25) is 0 Å². The highest BCUT2D eigenvalue weighted by molar-refractivity contribution is 4.91. The minimum absolute atomic E-state index is 0.224. The molecule has 2 aliphatic rings. The SMILES string of the molecule is CCC=CCCO[C@@H]1O[C@H](CO[C@@H]2O[C@H](CO)[C@@H](O)[C@H](O)[C@H]2O)[C@@H](O)[C@H](O)[C@H]1O. The number of hydrogen-bond donors (Lipinski definition) is 7. The molecule has 0 bridgehead atoms. The Morgan fingerprint density at radius 3 is 1.86 bits per heavy atom. The highest BCUT2D eigenvalue weighted by Crippen LogP contribution is 2.26. The van der Waals surface area contributed by atoms with Crippen LogP contribution in [0.5, 0.6) is 0 Å². The molecule has 0 unspecified atom stereocenters. The minimum Gasteiger partial charge on any atom is -0.394 e. The zero-order valence-corrected chi connectivity index (χ0v) is 16.2. The van der Waals surface area contributed by atoms with Crippen molar-refractivity contribution in [3.8, 4) is 0 Å². The van der Waals surface area contributed by atoms with Gasteiger partial charge in [0.05, 0.1) is 19.8 Å². The van der Waals surface area contributed by atoms with E-state index >= 15 is 0 Å². The molecule has 0 aromatic carbocycles. The first-order chi connectivity index (χ1) is 13.8. The summed E-state index contributed by atoms with van der Waals surface area (Å²) < 4.78 is 21.5. The van der Waals surface area contributed by atoms with Crippen LogP contribution in [-0.4, -0.2) is 117 Å². The summed E-state index contributed by atoms with van der Waals surface area (Å²) in [5.74, 6) is 0. The Bertz CT molecular complexity index is 502. The van der Waals surface area contributed by atoms with Crippen molar-refractivity contribution in [2.75, 3.05) is 19.8 Å². The molecule has 0 aromatic heterocycles. The predicted octanol–water partition coefficient (Wildman–Crippen LogP) is -3.02. The van der Waals surface area contributed by atoms with Gasteiger partial charge in [0, 0.05) is 0 Å². The third-order valence-electron chi connectivity index (χ3n) is 4.91. The Morgan fingerprint density at radius 2 is 1.28 bits per heavy atom. The van der Waals surface area contributed by atoms with Crippen LogP contribution in [0.4, 0.5) is 0 Å². The number of ether oxygens (including phenoxy) is 4. The number of aliphatic hydroxyl groups is 7. The molecule has 2 fully saturated rings. The Labute approximate surface area is 168 Å². The number of hydrogen-bond acceptors (Lipinski definition) is 11. The van der Waals surface area contributed by atoms with E-state index in [0.29, 0.717) is 6.42 Å². The monoisotopic (exact) mass is 424 g/mol. The molecule has 0 amide bonds. The Hall–Kier alpha value is -0.700. The van der Waals surface area contributed by atoms with E-state index in [1.165, 1.54) is 0 Å². The first kappa shape index (κ1) is 24.6. The van der Waals surface area contributed by atoms with Crippen molar-refractivity contribution in [2.24, 2.45) is 0 Å². The third kappa shape index (κ3) is 6.15. The van der Waals surface area contributed by atoms with Gasteiger partial charge in [-0.25, -0.2) is 0 Å². The van der Waals surface area contributed by atoms with Crippen LogP contribution < -0.4 is 0 Å². The van der Waals surface area contributed by atoms with Crippen molar-refractivity contribution in [2.45, 2.75) is 81.2 Å². The van der Waals surface area contributed by atoms with Crippen molar-refractivity contribution in [1.82, 2.24) is 0 Å². The van der Waals surface area contributed by atoms with E-state index in [0.717, 1.165) is 6.42 Å². The fourth-order valence-corrected chi connectivity index (χ4v) is 3.12. The summed E-state index contributed by atoms with van der Waals surface area (Å²) in [6, 6.07) is 0. The molecule has 0 aromatic rings. The van der Waals surface area contributed by atoms with E-state index in [2.05, 4.69) is 0 Å². The first-order valence-electron chi connectivity index (χ1n) is 9.70. The molecule has 2 rings (SSSR count). The predicted molar refractivity (Wildman–Crippen MR) is 96.4 cm³/mol. The topological polar surface area (TPSA) is 179 Å². The summed E-state index contributed by atoms with van der Waals surface area (Å²) in [6.07, 6.45) is -8.84. The largest absolute Gasteiger partial charge is 0.394 e. The standard InChI is InChI=1S/C18H32O11/c1-2-3-4-5-6-26-17-15(24)14(23)12(21)10(29-17)8-27-18-16(25)13(22)11(20)9(7-19)28-18/h3-4,9-25H,2,5-8H2,1H3/t9-,10-,11-,12-,13+,14+,15-,16-,17-,18-/m1/s1. The third-order valence-corrected chi connectivity index (χ3v) is 4.91. The number of rotatable bonds is 9. The van der Waals surface area contributed by atoms with Gasteiger partial charge in [0.1, 0.15) is 48.8 Å². The summed E-state index contributed by atoms with van der Waals surface area (Å²) in [4.78, 5) is 0. The molecular weight excluding hydrogens is 392 g/mol. The Kier molecular flexibility index (Phi) is 9.85. The highest BCUT2D eigenvalue weighted by atomic mass is 16.7. The maximum atomic E-state index is 10.1. The molecule has 0 aliphatic carbocycles. The molecule has 0 spiro atoms. The second-order valence-corrected chi connectivity index (χ2v) is 7.08. The molecule has 11 heteroatoms. The zero-order valence-electron chi connectivity index (χ0n) is 16.2. The van der Waals surface area contributed by atoms with E-state index < -0.39 is 68.0 Å². The molecule has 29 heavy (non-hydrogen) atoms. The van der Waals surface area contributed by atoms with Crippen LogP contribution in [0.1, 0.15) is 19.8 Å². The molecular formula is C18H32O11. The smallest absolute Gasteiger partial charge is 0.186 e. The summed E-state index contributed by atoms with van der Waals surface area (Å²) in [5.41, 5.74) is 0. The summed E-state index contributed by atoms with van der Waals surface area (Å²) >= 11 is 0. The molecule has 2 heterocycles. The lowest BCUT2D eigenvalue weighted by Gasteiger charge is -2.42. The first-order valence-corrected chi connectivity index (χ1v) is 9.70. The van der Waals surface area contributed by atoms with Crippen LogP contribution in [0.25, 0.3) is 0 Å². The lowest BCUT2D eigenvalue weighted by molar-refractivity contribution is -0.331. The van der Waals surface area contributed by atoms with Crippen LogP contribution >= 0.6 is 0 Å². The minimum atomic E-state index is -1.61. The van der Waals surface area contributed by atoms with E-state index in [1.807, 2.05) is 19.1 Å². The molecule has 2 aliphatic heterocycles. The van der Waals surface area contributed by atoms with Crippen molar-refractivity contribution in [1.29, 1.82) is 0 Å². The van der Waals surface area contributed by atoms with Crippen molar-refractivity contribution < 1.29 is 54.7 Å². The molecule has 170 valence electrons. The van der Waals surface area contributed by atoms with Gasteiger partial charge < -0.3 is 54.7 Å². The van der Waals surface area contributed by atoms with Gasteiger partial charge in [0.25, 0.3) is 0 Å². The van der Waals surface area contributed by atoms with Gasteiger partial charge in [-0.2, -0.15) is 0 Å². The average Bonchev–Trinajstić information content (AvgIpc) is 2.72. The lowest BCUT2D eigenvalue weighted by Crippen LogP contribution is -2.61. The Morgan fingerprint density at radius 1 is 0.724 bits per heavy atom. The van der Waals surface area contributed by atoms with Gasteiger partial charge in [-0.3, -0.25) is 0 Å². The normalized spacial score (nSPS) is 43.7. The van der Waals surface area contributed by atoms with Gasteiger partial charge >= 0.3 is 0 Å². The second-order valence-electron chi connectivity index (χ2n) is 7.08. The molecule has 0 radical (unpaired) electrons. The number of allylic oxidation sites excluding steroid dienone is 1. The van der Waals surface area contributed by atoms with Crippen LogP contribution in [0.15, 0.2) is 12.2 Å². The molecule has 7 N–H and O–H groups in total. The molecule has 0 saturated carbocycles. The maximum absolute atomic E-state index is 10.1. The van der Waals surface area contributed by atoms with Gasteiger partial charge in [-0.05, 0) is 12.8 Å². The van der Waals surface area contributed by atoms with Crippen molar-refractivity contribution in [3.63, 3.8) is 0 Å². The lowest BCUT2D eigenvalue weighted by atomic mass is 9.98. The summed E-state index contributed by atoms with van der Waals surface area (Å²) in [7, 11) is 0. The summed E-state index contributed by atoms with van der Waals surface area (Å²) in [5, 5.41) is 69.0. The zero-order chi connectivity index (χ0) is 21.6. The van der Waals surface area contributed by atoms with E-state index in [9.17, 15) is 35.7 Å². The van der Waals surface area contributed by atoms with Crippen LogP contribution in [-0.2, 0) is 18.9 Å². The average molecular weight is 424 g/mol. The van der Waals surface area contributed by atoms with Crippen molar-refractivity contribution >= 4 is 0 Å². The second kappa shape index (κ2) is 11.6. The van der Waals surface area contributed by atoms with Gasteiger partial charge in [-0.1, -0.05) is 19.1 Å². The maximum Gasteiger partial charge on any atom is 0.186 e. The highest BCUT2D eigenvalue weighted by Gasteiger charge is 2.47. The fourth-order valence-electron chi connectivity index (χ4n) is 3.12. The molecule has 2 saturated heterocycles. The van der Waals surface area contributed by atoms with Crippen LogP contribution in [0, 0.1) is 0 Å². The molecule has 11 nitrogen and oxygen atoms in total. The van der Waals surface area contributed by atoms with E-state index in [4.69, 9.17) is 18.9 Å². The molecule has 10 atom stereocenters. The fraction of sp³-hybridized carbons (Fsp3) is 0.889. The van der Waals surface area contributed by atoms with Gasteiger partial charge in [-0.15, -0.1) is 0 Å². The van der Waals surface area contributed by atoms with Gasteiger partial charge in [0.15, 0.2) is 12.6 Å².